The van der Waals surface area contributed by atoms with Gasteiger partial charge in [0.25, 0.3) is 0 Å². The normalized spacial score (nSPS) is 10.5. The standard InChI is InChI=1S/C11H17N3O3/c1-4-7-13-9(15)12(6-3)10(16)14(8-5-2)11(13)17/h6H,3-5,7-8H2,1-2H3. The molecule has 94 valence electrons. The Morgan fingerprint density at radius 3 is 1.65 bits per heavy atom. The van der Waals surface area contributed by atoms with Gasteiger partial charge in [-0.25, -0.2) is 28.1 Å². The van der Waals surface area contributed by atoms with Gasteiger partial charge in [0.2, 0.25) is 0 Å². The summed E-state index contributed by atoms with van der Waals surface area (Å²) in [5.41, 5.74) is -1.78. The number of hydrogen-bond donors (Lipinski definition) is 0. The van der Waals surface area contributed by atoms with Crippen molar-refractivity contribution in [3.8, 4) is 0 Å². The first-order chi connectivity index (χ1) is 8.08. The Morgan fingerprint density at radius 2 is 1.35 bits per heavy atom. The lowest BCUT2D eigenvalue weighted by atomic mass is 10.4. The maximum Gasteiger partial charge on any atom is 0.340 e. The molecule has 1 aromatic heterocycles. The Labute approximate surface area is 98.4 Å². The highest BCUT2D eigenvalue weighted by Gasteiger charge is 2.12. The lowest BCUT2D eigenvalue weighted by Crippen LogP contribution is -2.53. The highest BCUT2D eigenvalue weighted by Crippen LogP contribution is 1.83. The fourth-order valence-electron chi connectivity index (χ4n) is 1.64. The van der Waals surface area contributed by atoms with Gasteiger partial charge in [-0.3, -0.25) is 0 Å². The fraction of sp³-hybridized carbons (Fsp3) is 0.545. The molecule has 0 fully saturated rings. The predicted octanol–water partition coefficient (Wildman–Crippen LogP) is 0.0922. The van der Waals surface area contributed by atoms with E-state index in [1.165, 1.54) is 0 Å². The summed E-state index contributed by atoms with van der Waals surface area (Å²) in [5.74, 6) is 0. The SMILES string of the molecule is C=Cn1c(=O)n(CCC)c(=O)n(CCC)c1=O. The highest BCUT2D eigenvalue weighted by molar-refractivity contribution is 5.13. The summed E-state index contributed by atoms with van der Waals surface area (Å²) in [7, 11) is 0. The Hall–Kier alpha value is -1.85. The largest absolute Gasteiger partial charge is 0.340 e. The van der Waals surface area contributed by atoms with Crippen LogP contribution in [0.2, 0.25) is 0 Å². The molecule has 1 heterocycles. The molecule has 0 bridgehead atoms. The van der Waals surface area contributed by atoms with Crippen molar-refractivity contribution in [2.24, 2.45) is 0 Å². The first-order valence-electron chi connectivity index (χ1n) is 5.67. The van der Waals surface area contributed by atoms with Crippen molar-refractivity contribution in [2.75, 3.05) is 0 Å². The molecule has 0 unspecified atom stereocenters. The van der Waals surface area contributed by atoms with Crippen LogP contribution in [0.1, 0.15) is 26.7 Å². The Morgan fingerprint density at radius 1 is 0.941 bits per heavy atom. The maximum atomic E-state index is 11.9. The molecule has 0 amide bonds. The van der Waals surface area contributed by atoms with Crippen molar-refractivity contribution < 1.29 is 0 Å². The van der Waals surface area contributed by atoms with Crippen molar-refractivity contribution in [1.29, 1.82) is 0 Å². The van der Waals surface area contributed by atoms with E-state index in [2.05, 4.69) is 6.58 Å². The molecule has 0 aliphatic carbocycles. The summed E-state index contributed by atoms with van der Waals surface area (Å²) in [6, 6.07) is 0. The summed E-state index contributed by atoms with van der Waals surface area (Å²) in [4.78, 5) is 35.6. The van der Waals surface area contributed by atoms with Crippen LogP contribution in [-0.4, -0.2) is 13.7 Å². The molecule has 0 atom stereocenters. The van der Waals surface area contributed by atoms with Crippen molar-refractivity contribution >= 4 is 6.20 Å². The smallest absolute Gasteiger partial charge is 0.247 e. The van der Waals surface area contributed by atoms with Crippen LogP contribution in [0.15, 0.2) is 21.0 Å². The molecule has 17 heavy (non-hydrogen) atoms. The highest BCUT2D eigenvalue weighted by atomic mass is 16.2. The van der Waals surface area contributed by atoms with Gasteiger partial charge in [-0.1, -0.05) is 20.4 Å². The second-order valence-corrected chi connectivity index (χ2v) is 3.70. The van der Waals surface area contributed by atoms with E-state index in [1.807, 2.05) is 13.8 Å². The van der Waals surface area contributed by atoms with E-state index in [1.54, 1.807) is 0 Å². The van der Waals surface area contributed by atoms with E-state index in [-0.39, 0.29) is 0 Å². The van der Waals surface area contributed by atoms with E-state index >= 15 is 0 Å². The summed E-state index contributed by atoms with van der Waals surface area (Å²) in [6.07, 6.45) is 2.44. The van der Waals surface area contributed by atoms with Crippen LogP contribution >= 0.6 is 0 Å². The quantitative estimate of drug-likeness (QED) is 0.731. The molecule has 1 aromatic rings. The van der Waals surface area contributed by atoms with Gasteiger partial charge in [0.1, 0.15) is 0 Å². The zero-order valence-electron chi connectivity index (χ0n) is 10.2. The summed E-state index contributed by atoms with van der Waals surface area (Å²) >= 11 is 0. The molecular weight excluding hydrogens is 222 g/mol. The second-order valence-electron chi connectivity index (χ2n) is 3.70. The van der Waals surface area contributed by atoms with Crippen molar-refractivity contribution in [2.45, 2.75) is 39.8 Å². The minimum Gasteiger partial charge on any atom is -0.247 e. The lowest BCUT2D eigenvalue weighted by Gasteiger charge is -2.10. The van der Waals surface area contributed by atoms with Crippen LogP contribution in [0.25, 0.3) is 6.20 Å². The van der Waals surface area contributed by atoms with Crippen LogP contribution in [0, 0.1) is 0 Å². The minimum atomic E-state index is -0.621. The van der Waals surface area contributed by atoms with E-state index in [4.69, 9.17) is 0 Å². The van der Waals surface area contributed by atoms with Crippen LogP contribution in [-0.2, 0) is 13.1 Å². The summed E-state index contributed by atoms with van der Waals surface area (Å²) in [5, 5.41) is 0. The molecule has 0 aliphatic heterocycles. The van der Waals surface area contributed by atoms with Gasteiger partial charge in [-0.2, -0.15) is 0 Å². The first kappa shape index (κ1) is 13.2. The summed E-state index contributed by atoms with van der Waals surface area (Å²) < 4.78 is 3.00. The third kappa shape index (κ3) is 2.30. The first-order valence-corrected chi connectivity index (χ1v) is 5.67. The Balaban J connectivity index is 3.69. The lowest BCUT2D eigenvalue weighted by molar-refractivity contribution is 0.486. The zero-order chi connectivity index (χ0) is 13.0. The molecule has 0 saturated carbocycles. The number of hydrogen-bond acceptors (Lipinski definition) is 3. The van der Waals surface area contributed by atoms with Gasteiger partial charge in [-0.15, -0.1) is 0 Å². The van der Waals surface area contributed by atoms with Crippen LogP contribution in [0.5, 0.6) is 0 Å². The van der Waals surface area contributed by atoms with Crippen molar-refractivity contribution in [1.82, 2.24) is 13.7 Å². The molecule has 1 rings (SSSR count). The average molecular weight is 239 g/mol. The zero-order valence-corrected chi connectivity index (χ0v) is 10.2. The molecule has 0 N–H and O–H groups in total. The van der Waals surface area contributed by atoms with Gasteiger partial charge in [-0.05, 0) is 12.8 Å². The molecule has 6 heteroatoms. The van der Waals surface area contributed by atoms with Crippen molar-refractivity contribution in [3.63, 3.8) is 0 Å². The van der Waals surface area contributed by atoms with E-state index in [9.17, 15) is 14.4 Å². The van der Waals surface area contributed by atoms with Gasteiger partial charge >= 0.3 is 17.1 Å². The molecular formula is C11H17N3O3. The molecule has 6 nitrogen and oxygen atoms in total. The molecule has 0 aromatic carbocycles. The van der Waals surface area contributed by atoms with Crippen LogP contribution < -0.4 is 17.1 Å². The fourth-order valence-corrected chi connectivity index (χ4v) is 1.64. The van der Waals surface area contributed by atoms with Gasteiger partial charge in [0.05, 0.1) is 0 Å². The van der Waals surface area contributed by atoms with Crippen LogP contribution in [0.3, 0.4) is 0 Å². The van der Waals surface area contributed by atoms with Crippen LogP contribution in [0.4, 0.5) is 0 Å². The molecule has 0 radical (unpaired) electrons. The molecule has 0 spiro atoms. The van der Waals surface area contributed by atoms with E-state index in [0.29, 0.717) is 25.9 Å². The Kier molecular flexibility index (Phi) is 4.25. The van der Waals surface area contributed by atoms with Gasteiger partial charge < -0.3 is 0 Å². The second kappa shape index (κ2) is 5.47. The molecule has 0 aliphatic rings. The number of rotatable bonds is 5. The monoisotopic (exact) mass is 239 g/mol. The minimum absolute atomic E-state index is 0.301. The Bertz CT molecular complexity index is 533. The third-order valence-corrected chi connectivity index (χ3v) is 2.41. The third-order valence-electron chi connectivity index (χ3n) is 2.41. The summed E-state index contributed by atoms with van der Waals surface area (Å²) in [6.45, 7) is 7.74. The molecule has 0 saturated heterocycles. The van der Waals surface area contributed by atoms with Crippen molar-refractivity contribution in [3.05, 3.63) is 38.0 Å². The topological polar surface area (TPSA) is 66.0 Å². The number of aromatic nitrogens is 3. The predicted molar refractivity (Wildman–Crippen MR) is 66.2 cm³/mol. The van der Waals surface area contributed by atoms with E-state index in [0.717, 1.165) is 19.9 Å². The van der Waals surface area contributed by atoms with Gasteiger partial charge in [0.15, 0.2) is 0 Å². The van der Waals surface area contributed by atoms with E-state index < -0.39 is 17.1 Å². The number of nitrogens with zero attached hydrogens (tertiary/aromatic N) is 3. The maximum absolute atomic E-state index is 11.9. The van der Waals surface area contributed by atoms with Gasteiger partial charge in [0, 0.05) is 19.3 Å². The average Bonchev–Trinajstić information content (AvgIpc) is 2.31.